The fourth-order valence-corrected chi connectivity index (χ4v) is 1.26. The van der Waals surface area contributed by atoms with Gasteiger partial charge in [-0.2, -0.15) is 5.10 Å². The maximum atomic E-state index is 11.3. The second-order valence-electron chi connectivity index (χ2n) is 3.12. The summed E-state index contributed by atoms with van der Waals surface area (Å²) in [6, 6.07) is 1.87. The Morgan fingerprint density at radius 2 is 2.33 bits per heavy atom. The highest BCUT2D eigenvalue weighted by Crippen LogP contribution is 2.07. The Hall–Kier alpha value is -1.58. The number of hydrogen-bond donors (Lipinski definition) is 0. The highest BCUT2D eigenvalue weighted by atomic mass is 16.5. The van der Waals surface area contributed by atoms with Gasteiger partial charge in [-0.1, -0.05) is 0 Å². The van der Waals surface area contributed by atoms with Crippen molar-refractivity contribution in [1.29, 1.82) is 0 Å². The molecule has 1 aromatic heterocycles. The van der Waals surface area contributed by atoms with Crippen molar-refractivity contribution in [2.75, 3.05) is 6.61 Å². The van der Waals surface area contributed by atoms with E-state index in [1.54, 1.807) is 26.1 Å². The fourth-order valence-electron chi connectivity index (χ4n) is 1.26. The lowest BCUT2D eigenvalue weighted by atomic mass is 10.2. The number of aromatic nitrogens is 2. The molecule has 1 rings (SSSR count). The molecule has 0 radical (unpaired) electrons. The topological polar surface area (TPSA) is 44.1 Å². The number of nitrogens with zero attached hydrogens (tertiary/aromatic N) is 2. The number of carbonyl (C=O) groups is 1. The summed E-state index contributed by atoms with van der Waals surface area (Å²) in [6.07, 6.45) is 3.50. The van der Waals surface area contributed by atoms with Crippen LogP contribution in [0, 0.1) is 0 Å². The molecule has 0 aliphatic rings. The first kappa shape index (κ1) is 11.5. The summed E-state index contributed by atoms with van der Waals surface area (Å²) in [5.74, 6) is -0.277. The lowest BCUT2D eigenvalue weighted by Crippen LogP contribution is -2.06. The number of esters is 1. The molecular formula is C11H16N2O2. The molecule has 0 aliphatic carbocycles. The molecule has 0 N–H and O–H groups in total. The van der Waals surface area contributed by atoms with Crippen molar-refractivity contribution < 1.29 is 9.53 Å². The van der Waals surface area contributed by atoms with Gasteiger partial charge in [-0.05, 0) is 32.9 Å². The average Bonchev–Trinajstić information content (AvgIpc) is 2.65. The third-order valence-corrected chi connectivity index (χ3v) is 2.01. The van der Waals surface area contributed by atoms with Crippen LogP contribution >= 0.6 is 0 Å². The molecule has 15 heavy (non-hydrogen) atoms. The highest BCUT2D eigenvalue weighted by Gasteiger charge is 2.05. The highest BCUT2D eigenvalue weighted by molar-refractivity contribution is 5.92. The summed E-state index contributed by atoms with van der Waals surface area (Å²) in [7, 11) is 0. The van der Waals surface area contributed by atoms with E-state index in [0.717, 1.165) is 12.2 Å². The number of carbonyl (C=O) groups excluding carboxylic acids is 1. The molecule has 1 aromatic rings. The van der Waals surface area contributed by atoms with Gasteiger partial charge in [0, 0.05) is 18.3 Å². The first-order valence-electron chi connectivity index (χ1n) is 5.06. The van der Waals surface area contributed by atoms with Gasteiger partial charge >= 0.3 is 5.97 Å². The smallest absolute Gasteiger partial charge is 0.333 e. The molecule has 4 heteroatoms. The third-order valence-electron chi connectivity index (χ3n) is 2.01. The summed E-state index contributed by atoms with van der Waals surface area (Å²) in [5, 5.41) is 4.11. The minimum atomic E-state index is -0.277. The van der Waals surface area contributed by atoms with Crippen LogP contribution in [0.2, 0.25) is 0 Å². The molecule has 0 bridgehead atoms. The number of ether oxygens (including phenoxy) is 1. The molecule has 0 spiro atoms. The fraction of sp³-hybridized carbons (Fsp3) is 0.455. The Kier molecular flexibility index (Phi) is 4.09. The van der Waals surface area contributed by atoms with E-state index >= 15 is 0 Å². The van der Waals surface area contributed by atoms with Crippen molar-refractivity contribution >= 4 is 12.0 Å². The zero-order chi connectivity index (χ0) is 11.3. The third kappa shape index (κ3) is 2.94. The Morgan fingerprint density at radius 3 is 2.93 bits per heavy atom. The molecular weight excluding hydrogens is 192 g/mol. The van der Waals surface area contributed by atoms with Crippen molar-refractivity contribution in [1.82, 2.24) is 9.78 Å². The first-order chi connectivity index (χ1) is 7.19. The van der Waals surface area contributed by atoms with Gasteiger partial charge in [0.15, 0.2) is 0 Å². The van der Waals surface area contributed by atoms with Crippen molar-refractivity contribution in [2.24, 2.45) is 0 Å². The zero-order valence-corrected chi connectivity index (χ0v) is 9.36. The molecule has 82 valence electrons. The summed E-state index contributed by atoms with van der Waals surface area (Å²) >= 11 is 0. The van der Waals surface area contributed by atoms with Crippen molar-refractivity contribution in [3.8, 4) is 0 Å². The lowest BCUT2D eigenvalue weighted by molar-refractivity contribution is -0.138. The number of hydrogen-bond acceptors (Lipinski definition) is 3. The van der Waals surface area contributed by atoms with E-state index in [1.807, 2.05) is 17.7 Å². The van der Waals surface area contributed by atoms with Gasteiger partial charge < -0.3 is 4.74 Å². The van der Waals surface area contributed by atoms with Crippen LogP contribution in [-0.2, 0) is 16.1 Å². The molecule has 0 aromatic carbocycles. The van der Waals surface area contributed by atoms with Crippen LogP contribution in [0.1, 0.15) is 26.5 Å². The van der Waals surface area contributed by atoms with Gasteiger partial charge in [0.2, 0.25) is 0 Å². The van der Waals surface area contributed by atoms with Crippen LogP contribution in [0.3, 0.4) is 0 Å². The van der Waals surface area contributed by atoms with Gasteiger partial charge in [-0.3, -0.25) is 4.68 Å². The van der Waals surface area contributed by atoms with Crippen LogP contribution in [-0.4, -0.2) is 22.4 Å². The van der Waals surface area contributed by atoms with Crippen LogP contribution in [0.5, 0.6) is 0 Å². The van der Waals surface area contributed by atoms with Crippen molar-refractivity contribution in [3.05, 3.63) is 23.5 Å². The largest absolute Gasteiger partial charge is 0.463 e. The molecule has 4 nitrogen and oxygen atoms in total. The normalized spacial score (nSPS) is 11.5. The molecule has 0 saturated carbocycles. The van der Waals surface area contributed by atoms with Crippen LogP contribution in [0.25, 0.3) is 6.08 Å². The number of aryl methyl sites for hydroxylation is 1. The van der Waals surface area contributed by atoms with Gasteiger partial charge in [0.05, 0.1) is 12.3 Å². The zero-order valence-electron chi connectivity index (χ0n) is 9.36. The SMILES string of the molecule is CCOC(=O)C(C)=Cc1ccnn1CC. The van der Waals surface area contributed by atoms with E-state index in [-0.39, 0.29) is 5.97 Å². The second-order valence-corrected chi connectivity index (χ2v) is 3.12. The molecule has 0 unspecified atom stereocenters. The minimum absolute atomic E-state index is 0.277. The molecule has 0 saturated heterocycles. The minimum Gasteiger partial charge on any atom is -0.463 e. The van der Waals surface area contributed by atoms with E-state index in [9.17, 15) is 4.79 Å². The average molecular weight is 208 g/mol. The molecule has 0 amide bonds. The van der Waals surface area contributed by atoms with E-state index in [2.05, 4.69) is 5.10 Å². The van der Waals surface area contributed by atoms with Crippen LogP contribution in [0.15, 0.2) is 17.8 Å². The summed E-state index contributed by atoms with van der Waals surface area (Å²) in [4.78, 5) is 11.3. The Morgan fingerprint density at radius 1 is 1.60 bits per heavy atom. The van der Waals surface area contributed by atoms with E-state index in [0.29, 0.717) is 12.2 Å². The predicted molar refractivity (Wildman–Crippen MR) is 58.2 cm³/mol. The summed E-state index contributed by atoms with van der Waals surface area (Å²) in [6.45, 7) is 6.72. The lowest BCUT2D eigenvalue weighted by Gasteiger charge is -2.03. The van der Waals surface area contributed by atoms with Crippen molar-refractivity contribution in [2.45, 2.75) is 27.3 Å². The molecule has 0 aliphatic heterocycles. The first-order valence-corrected chi connectivity index (χ1v) is 5.06. The van der Waals surface area contributed by atoms with Crippen LogP contribution in [0.4, 0.5) is 0 Å². The molecule has 1 heterocycles. The summed E-state index contributed by atoms with van der Waals surface area (Å²) < 4.78 is 6.71. The van der Waals surface area contributed by atoms with Gasteiger partial charge in [0.25, 0.3) is 0 Å². The maximum Gasteiger partial charge on any atom is 0.333 e. The molecule has 0 fully saturated rings. The van der Waals surface area contributed by atoms with E-state index < -0.39 is 0 Å². The van der Waals surface area contributed by atoms with E-state index in [1.165, 1.54) is 0 Å². The Labute approximate surface area is 89.5 Å². The van der Waals surface area contributed by atoms with Gasteiger partial charge in [-0.15, -0.1) is 0 Å². The predicted octanol–water partition coefficient (Wildman–Crippen LogP) is 1.87. The van der Waals surface area contributed by atoms with Crippen molar-refractivity contribution in [3.63, 3.8) is 0 Å². The Balaban J connectivity index is 2.82. The standard InChI is InChI=1S/C11H16N2O2/c1-4-13-10(6-7-12-13)8-9(3)11(14)15-5-2/h6-8H,4-5H2,1-3H3. The number of rotatable bonds is 4. The van der Waals surface area contributed by atoms with Gasteiger partial charge in [-0.25, -0.2) is 4.79 Å². The van der Waals surface area contributed by atoms with Gasteiger partial charge in [0.1, 0.15) is 0 Å². The summed E-state index contributed by atoms with van der Waals surface area (Å²) in [5.41, 5.74) is 1.51. The quantitative estimate of drug-likeness (QED) is 0.560. The maximum absolute atomic E-state index is 11.3. The molecule has 0 atom stereocenters. The monoisotopic (exact) mass is 208 g/mol. The van der Waals surface area contributed by atoms with E-state index in [4.69, 9.17) is 4.74 Å². The second kappa shape index (κ2) is 5.34. The van der Waals surface area contributed by atoms with Crippen LogP contribution < -0.4 is 0 Å². The Bertz CT molecular complexity index is 366.